The lowest BCUT2D eigenvalue weighted by Gasteiger charge is -2.11. The molecule has 1 atom stereocenters. The van der Waals surface area contributed by atoms with Gasteiger partial charge in [0.2, 0.25) is 0 Å². The van der Waals surface area contributed by atoms with Crippen molar-refractivity contribution in [2.24, 2.45) is 10.8 Å². The van der Waals surface area contributed by atoms with Crippen LogP contribution in [0.5, 0.6) is 0 Å². The molecule has 0 radical (unpaired) electrons. The highest BCUT2D eigenvalue weighted by Gasteiger charge is 2.30. The Hall–Kier alpha value is -3.45. The van der Waals surface area contributed by atoms with Crippen LogP contribution in [-0.4, -0.2) is 30.2 Å². The highest BCUT2D eigenvalue weighted by Crippen LogP contribution is 2.19. The Morgan fingerprint density at radius 3 is 2.31 bits per heavy atom. The van der Waals surface area contributed by atoms with Gasteiger partial charge in [-0.05, 0) is 43.7 Å². The second-order valence-electron chi connectivity index (χ2n) is 6.61. The van der Waals surface area contributed by atoms with Crippen molar-refractivity contribution in [2.75, 3.05) is 17.3 Å². The van der Waals surface area contributed by atoms with Crippen LogP contribution in [0.3, 0.4) is 0 Å². The van der Waals surface area contributed by atoms with Gasteiger partial charge in [0.1, 0.15) is 6.04 Å². The van der Waals surface area contributed by atoms with E-state index in [0.717, 1.165) is 16.9 Å². The van der Waals surface area contributed by atoms with E-state index in [1.54, 1.807) is 13.8 Å². The fourth-order valence-corrected chi connectivity index (χ4v) is 2.40. The predicted octanol–water partition coefficient (Wildman–Crippen LogP) is 2.67. The molecule has 7 heteroatoms. The van der Waals surface area contributed by atoms with Crippen molar-refractivity contribution in [3.63, 3.8) is 0 Å². The fourth-order valence-electron chi connectivity index (χ4n) is 2.40. The van der Waals surface area contributed by atoms with E-state index >= 15 is 0 Å². The number of hydrazone groups is 1. The van der Waals surface area contributed by atoms with E-state index in [9.17, 15) is 9.59 Å². The summed E-state index contributed by atoms with van der Waals surface area (Å²) in [7, 11) is 0. The van der Waals surface area contributed by atoms with E-state index in [4.69, 9.17) is 16.2 Å². The largest absolute Gasteiger partial charge is 0.462 e. The SMILES string of the molecule is C=C(C)C(=O)OCCc1ccc(N)cc1.CC1=NN(c2ccccc2)C(=O)C1N. The molecular weight excluding hydrogens is 368 g/mol. The summed E-state index contributed by atoms with van der Waals surface area (Å²) in [5.41, 5.74) is 14.8. The van der Waals surface area contributed by atoms with Crippen LogP contribution in [0.4, 0.5) is 11.4 Å². The molecule has 1 unspecified atom stereocenters. The monoisotopic (exact) mass is 394 g/mol. The zero-order valence-corrected chi connectivity index (χ0v) is 16.7. The van der Waals surface area contributed by atoms with Crippen molar-refractivity contribution >= 4 is 29.0 Å². The number of nitrogens with two attached hydrogens (primary N) is 2. The summed E-state index contributed by atoms with van der Waals surface area (Å²) in [6.07, 6.45) is 0.694. The number of carbonyl (C=O) groups excluding carboxylic acids is 2. The van der Waals surface area contributed by atoms with Gasteiger partial charge in [-0.3, -0.25) is 4.79 Å². The molecule has 1 aliphatic heterocycles. The smallest absolute Gasteiger partial charge is 0.333 e. The number of hydrogen-bond donors (Lipinski definition) is 2. The number of amides is 1. The second kappa shape index (κ2) is 10.2. The molecule has 1 heterocycles. The maximum atomic E-state index is 11.6. The number of esters is 1. The number of carbonyl (C=O) groups is 2. The summed E-state index contributed by atoms with van der Waals surface area (Å²) in [6.45, 7) is 7.26. The van der Waals surface area contributed by atoms with Crippen molar-refractivity contribution in [2.45, 2.75) is 26.3 Å². The van der Waals surface area contributed by atoms with E-state index in [-0.39, 0.29) is 11.9 Å². The van der Waals surface area contributed by atoms with Crippen LogP contribution in [0.2, 0.25) is 0 Å². The highest BCUT2D eigenvalue weighted by molar-refractivity contribution is 6.17. The van der Waals surface area contributed by atoms with Crippen LogP contribution >= 0.6 is 0 Å². The molecule has 152 valence electrons. The molecule has 0 saturated heterocycles. The number of benzene rings is 2. The first-order valence-corrected chi connectivity index (χ1v) is 9.16. The number of hydrogen-bond acceptors (Lipinski definition) is 6. The van der Waals surface area contributed by atoms with Gasteiger partial charge >= 0.3 is 5.97 Å². The third-order valence-electron chi connectivity index (χ3n) is 4.14. The molecule has 1 aliphatic rings. The van der Waals surface area contributed by atoms with Gasteiger partial charge in [0.15, 0.2) is 0 Å². The third kappa shape index (κ3) is 6.29. The summed E-state index contributed by atoms with van der Waals surface area (Å²) < 4.78 is 4.97. The minimum absolute atomic E-state index is 0.172. The molecule has 0 bridgehead atoms. The summed E-state index contributed by atoms with van der Waals surface area (Å²) in [6, 6.07) is 16.2. The van der Waals surface area contributed by atoms with Crippen LogP contribution in [0.25, 0.3) is 0 Å². The Labute approximate surface area is 170 Å². The lowest BCUT2D eigenvalue weighted by Crippen LogP contribution is -2.38. The summed E-state index contributed by atoms with van der Waals surface area (Å²) in [5, 5.41) is 5.44. The molecule has 1 amide bonds. The van der Waals surface area contributed by atoms with Crippen molar-refractivity contribution < 1.29 is 14.3 Å². The van der Waals surface area contributed by atoms with Gasteiger partial charge < -0.3 is 16.2 Å². The molecular formula is C22H26N4O3. The van der Waals surface area contributed by atoms with Crippen LogP contribution in [0, 0.1) is 0 Å². The average Bonchev–Trinajstić information content (AvgIpc) is 2.98. The van der Waals surface area contributed by atoms with Crippen molar-refractivity contribution in [1.29, 1.82) is 0 Å². The Morgan fingerprint density at radius 2 is 1.79 bits per heavy atom. The molecule has 0 saturated carbocycles. The molecule has 7 nitrogen and oxygen atoms in total. The Balaban J connectivity index is 0.000000207. The number of rotatable bonds is 5. The zero-order valence-electron chi connectivity index (χ0n) is 16.7. The van der Waals surface area contributed by atoms with Crippen LogP contribution < -0.4 is 16.5 Å². The number of nitrogens with zero attached hydrogens (tertiary/aromatic N) is 2. The highest BCUT2D eigenvalue weighted by atomic mass is 16.5. The Kier molecular flexibility index (Phi) is 7.68. The normalized spacial score (nSPS) is 15.3. The Bertz CT molecular complexity index is 892. The lowest BCUT2D eigenvalue weighted by atomic mass is 10.1. The number of para-hydroxylation sites is 1. The molecule has 3 rings (SSSR count). The Morgan fingerprint density at radius 1 is 1.17 bits per heavy atom. The van der Waals surface area contributed by atoms with Crippen molar-refractivity contribution in [1.82, 2.24) is 0 Å². The minimum Gasteiger partial charge on any atom is -0.462 e. The fraction of sp³-hybridized carbons (Fsp3) is 0.227. The van der Waals surface area contributed by atoms with E-state index in [1.807, 2.05) is 54.6 Å². The average molecular weight is 394 g/mol. The molecule has 0 spiro atoms. The van der Waals surface area contributed by atoms with Gasteiger partial charge in [0.05, 0.1) is 18.0 Å². The molecule has 0 aromatic heterocycles. The topological polar surface area (TPSA) is 111 Å². The first-order chi connectivity index (χ1) is 13.8. The lowest BCUT2D eigenvalue weighted by molar-refractivity contribution is -0.138. The van der Waals surface area contributed by atoms with Crippen LogP contribution in [0.1, 0.15) is 19.4 Å². The van der Waals surface area contributed by atoms with Gasteiger partial charge in [0, 0.05) is 17.7 Å². The third-order valence-corrected chi connectivity index (χ3v) is 4.14. The van der Waals surface area contributed by atoms with Gasteiger partial charge in [-0.1, -0.05) is 36.9 Å². The molecule has 0 aliphatic carbocycles. The van der Waals surface area contributed by atoms with Crippen molar-refractivity contribution in [3.8, 4) is 0 Å². The van der Waals surface area contributed by atoms with Crippen LogP contribution in [0.15, 0.2) is 71.9 Å². The molecule has 29 heavy (non-hydrogen) atoms. The standard InChI is InChI=1S/C12H15NO2.C10H11N3O/c1-9(2)12(14)15-8-7-10-3-5-11(13)6-4-10;1-7-9(11)10(14)13(12-7)8-5-3-2-4-6-8/h3-6H,1,7-8,13H2,2H3;2-6,9H,11H2,1H3. The van der Waals surface area contributed by atoms with Gasteiger partial charge in [-0.15, -0.1) is 0 Å². The van der Waals surface area contributed by atoms with Crippen LogP contribution in [-0.2, 0) is 20.7 Å². The van der Waals surface area contributed by atoms with Gasteiger partial charge in [-0.25, -0.2) is 4.79 Å². The summed E-state index contributed by atoms with van der Waals surface area (Å²) in [5.74, 6) is -0.515. The first kappa shape index (κ1) is 21.8. The van der Waals surface area contributed by atoms with E-state index in [1.165, 1.54) is 5.01 Å². The zero-order chi connectivity index (χ0) is 21.4. The molecule has 2 aromatic rings. The summed E-state index contributed by atoms with van der Waals surface area (Å²) in [4.78, 5) is 22.6. The molecule has 2 aromatic carbocycles. The van der Waals surface area contributed by atoms with Gasteiger partial charge in [0.25, 0.3) is 5.91 Å². The number of nitrogen functional groups attached to an aromatic ring is 1. The number of anilines is 2. The maximum Gasteiger partial charge on any atom is 0.333 e. The summed E-state index contributed by atoms with van der Waals surface area (Å²) >= 11 is 0. The van der Waals surface area contributed by atoms with E-state index in [0.29, 0.717) is 24.3 Å². The minimum atomic E-state index is -0.588. The molecule has 4 N–H and O–H groups in total. The van der Waals surface area contributed by atoms with E-state index < -0.39 is 6.04 Å². The predicted molar refractivity (Wildman–Crippen MR) is 115 cm³/mol. The molecule has 0 fully saturated rings. The second-order valence-corrected chi connectivity index (χ2v) is 6.61. The quantitative estimate of drug-likeness (QED) is 0.460. The number of ether oxygens (including phenoxy) is 1. The van der Waals surface area contributed by atoms with E-state index in [2.05, 4.69) is 11.7 Å². The first-order valence-electron chi connectivity index (χ1n) is 9.16. The van der Waals surface area contributed by atoms with Gasteiger partial charge in [-0.2, -0.15) is 10.1 Å². The maximum absolute atomic E-state index is 11.6. The van der Waals surface area contributed by atoms with Crippen molar-refractivity contribution in [3.05, 3.63) is 72.3 Å².